The first-order chi connectivity index (χ1) is 5.02. The van der Waals surface area contributed by atoms with E-state index in [1.807, 2.05) is 0 Å². The van der Waals surface area contributed by atoms with Crippen molar-refractivity contribution in [1.29, 1.82) is 0 Å². The molecule has 0 N–H and O–H groups in total. The third-order valence-electron chi connectivity index (χ3n) is 1.12. The second-order valence-corrected chi connectivity index (χ2v) is 4.05. The van der Waals surface area contributed by atoms with Crippen LogP contribution in [0.1, 0.15) is 0 Å². The summed E-state index contributed by atoms with van der Waals surface area (Å²) in [5.41, 5.74) is 0. The summed E-state index contributed by atoms with van der Waals surface area (Å²) in [6.45, 7) is 0. The van der Waals surface area contributed by atoms with Gasteiger partial charge in [-0.15, -0.1) is 0 Å². The Bertz CT molecular complexity index is 361. The maximum atomic E-state index is 12.6. The van der Waals surface area contributed by atoms with Gasteiger partial charge in [-0.05, 0) is 12.1 Å². The van der Waals surface area contributed by atoms with Crippen LogP contribution in [-0.4, -0.2) is 19.7 Å². The molecule has 60 valence electrons. The summed E-state index contributed by atoms with van der Waals surface area (Å²) in [6, 6.07) is 2.55. The number of rotatable bonds is 1. The fraction of sp³-hybridized carbons (Fsp3) is 0.167. The molecular formula is C6H6FNO2S. The molecule has 0 spiro atoms. The number of hydrogen-bond donors (Lipinski definition) is 0. The number of hydrogen-bond acceptors (Lipinski definition) is 3. The van der Waals surface area contributed by atoms with Gasteiger partial charge in [0.15, 0.2) is 9.84 Å². The molecule has 1 aromatic rings. The van der Waals surface area contributed by atoms with Gasteiger partial charge < -0.3 is 0 Å². The number of aromatic nitrogens is 1. The van der Waals surface area contributed by atoms with E-state index in [-0.39, 0.29) is 4.90 Å². The highest BCUT2D eigenvalue weighted by Crippen LogP contribution is 2.09. The van der Waals surface area contributed by atoms with Gasteiger partial charge in [0.25, 0.3) is 0 Å². The summed E-state index contributed by atoms with van der Waals surface area (Å²) in [5, 5.41) is 0. The van der Waals surface area contributed by atoms with Crippen molar-refractivity contribution < 1.29 is 12.8 Å². The highest BCUT2D eigenvalue weighted by molar-refractivity contribution is 7.90. The van der Waals surface area contributed by atoms with Crippen LogP contribution in [0.4, 0.5) is 4.39 Å². The summed E-state index contributed by atoms with van der Waals surface area (Å²) >= 11 is 0. The monoisotopic (exact) mass is 175 g/mol. The van der Waals surface area contributed by atoms with Crippen molar-refractivity contribution >= 4 is 9.84 Å². The van der Waals surface area contributed by atoms with Crippen molar-refractivity contribution in [2.24, 2.45) is 0 Å². The van der Waals surface area contributed by atoms with Gasteiger partial charge in [0.1, 0.15) is 4.90 Å². The molecule has 0 saturated heterocycles. The van der Waals surface area contributed by atoms with E-state index in [4.69, 9.17) is 0 Å². The summed E-state index contributed by atoms with van der Waals surface area (Å²) in [6.07, 6.45) is 2.14. The smallest absolute Gasteiger partial charge is 0.227 e. The molecule has 0 unspecified atom stereocenters. The molecule has 0 saturated carbocycles. The Balaban J connectivity index is 3.37. The fourth-order valence-electron chi connectivity index (χ4n) is 0.648. The Morgan fingerprint density at radius 2 is 2.18 bits per heavy atom. The molecule has 11 heavy (non-hydrogen) atoms. The minimum Gasteiger partial charge on any atom is -0.227 e. The lowest BCUT2D eigenvalue weighted by molar-refractivity contribution is 0.540. The van der Waals surface area contributed by atoms with Crippen LogP contribution in [0, 0.1) is 5.95 Å². The van der Waals surface area contributed by atoms with E-state index in [2.05, 4.69) is 4.98 Å². The molecule has 1 rings (SSSR count). The van der Waals surface area contributed by atoms with Crippen LogP contribution in [0.5, 0.6) is 0 Å². The van der Waals surface area contributed by atoms with Crippen LogP contribution in [0.25, 0.3) is 0 Å². The molecule has 0 aliphatic heterocycles. The standard InChI is InChI=1S/C6H6FNO2S/c1-11(9,10)5-3-2-4-8-6(5)7/h2-4H,1H3. The number of halogens is 1. The summed E-state index contributed by atoms with van der Waals surface area (Å²) in [7, 11) is -3.47. The zero-order valence-corrected chi connectivity index (χ0v) is 6.60. The van der Waals surface area contributed by atoms with Crippen LogP contribution in [0.3, 0.4) is 0 Å². The fourth-order valence-corrected chi connectivity index (χ4v) is 1.33. The third-order valence-corrected chi connectivity index (χ3v) is 2.23. The first-order valence-electron chi connectivity index (χ1n) is 2.82. The number of pyridine rings is 1. The molecule has 5 heteroatoms. The van der Waals surface area contributed by atoms with E-state index >= 15 is 0 Å². The molecule has 0 radical (unpaired) electrons. The van der Waals surface area contributed by atoms with E-state index in [0.29, 0.717) is 0 Å². The molecule has 0 amide bonds. The predicted octanol–water partition coefficient (Wildman–Crippen LogP) is 0.624. The SMILES string of the molecule is CS(=O)(=O)c1cccnc1F. The number of sulfone groups is 1. The van der Waals surface area contributed by atoms with Crippen molar-refractivity contribution in [3.63, 3.8) is 0 Å². The number of nitrogens with zero attached hydrogens (tertiary/aromatic N) is 1. The van der Waals surface area contributed by atoms with Crippen LogP contribution < -0.4 is 0 Å². The second kappa shape index (κ2) is 2.58. The third kappa shape index (κ3) is 1.74. The first kappa shape index (κ1) is 8.13. The molecule has 0 bridgehead atoms. The quantitative estimate of drug-likeness (QED) is 0.588. The van der Waals surface area contributed by atoms with Crippen LogP contribution in [0.15, 0.2) is 23.2 Å². The highest BCUT2D eigenvalue weighted by atomic mass is 32.2. The van der Waals surface area contributed by atoms with Crippen molar-refractivity contribution in [3.8, 4) is 0 Å². The van der Waals surface area contributed by atoms with E-state index in [9.17, 15) is 12.8 Å². The zero-order valence-electron chi connectivity index (χ0n) is 5.78. The second-order valence-electron chi connectivity index (χ2n) is 2.06. The Hall–Kier alpha value is -0.970. The van der Waals surface area contributed by atoms with Crippen LogP contribution in [0.2, 0.25) is 0 Å². The molecule has 0 fully saturated rings. The molecule has 0 aromatic carbocycles. The average molecular weight is 175 g/mol. The van der Waals surface area contributed by atoms with Crippen molar-refractivity contribution in [2.75, 3.05) is 6.26 Å². The average Bonchev–Trinajstić information content (AvgIpc) is 1.86. The molecular weight excluding hydrogens is 169 g/mol. The topological polar surface area (TPSA) is 47.0 Å². The van der Waals surface area contributed by atoms with Crippen LogP contribution >= 0.6 is 0 Å². The Morgan fingerprint density at radius 1 is 1.55 bits per heavy atom. The van der Waals surface area contributed by atoms with E-state index in [1.54, 1.807) is 0 Å². The maximum Gasteiger partial charge on any atom is 0.231 e. The largest absolute Gasteiger partial charge is 0.231 e. The van der Waals surface area contributed by atoms with E-state index in [0.717, 1.165) is 6.26 Å². The molecule has 0 atom stereocenters. The molecule has 3 nitrogen and oxygen atoms in total. The van der Waals surface area contributed by atoms with Gasteiger partial charge in [-0.3, -0.25) is 0 Å². The van der Waals surface area contributed by atoms with Crippen LogP contribution in [-0.2, 0) is 9.84 Å². The van der Waals surface area contributed by atoms with E-state index < -0.39 is 15.8 Å². The molecule has 1 aromatic heterocycles. The summed E-state index contributed by atoms with van der Waals surface area (Å²) in [4.78, 5) is 2.84. The lowest BCUT2D eigenvalue weighted by Gasteiger charge is -1.96. The van der Waals surface area contributed by atoms with Gasteiger partial charge >= 0.3 is 0 Å². The van der Waals surface area contributed by atoms with Gasteiger partial charge in [0.2, 0.25) is 5.95 Å². The molecule has 1 heterocycles. The minimum absolute atomic E-state index is 0.361. The Kier molecular flexibility index (Phi) is 1.90. The molecule has 0 aliphatic carbocycles. The normalized spacial score (nSPS) is 11.5. The Morgan fingerprint density at radius 3 is 2.55 bits per heavy atom. The van der Waals surface area contributed by atoms with Gasteiger partial charge in [-0.25, -0.2) is 13.4 Å². The lowest BCUT2D eigenvalue weighted by atomic mass is 10.5. The minimum atomic E-state index is -3.47. The lowest BCUT2D eigenvalue weighted by Crippen LogP contribution is -2.01. The Labute approximate surface area is 63.8 Å². The molecule has 0 aliphatic rings. The zero-order chi connectivity index (χ0) is 8.48. The van der Waals surface area contributed by atoms with Gasteiger partial charge in [0.05, 0.1) is 0 Å². The van der Waals surface area contributed by atoms with Crippen molar-refractivity contribution in [3.05, 3.63) is 24.3 Å². The van der Waals surface area contributed by atoms with Gasteiger partial charge in [-0.2, -0.15) is 4.39 Å². The highest BCUT2D eigenvalue weighted by Gasteiger charge is 2.12. The van der Waals surface area contributed by atoms with Crippen molar-refractivity contribution in [1.82, 2.24) is 4.98 Å². The van der Waals surface area contributed by atoms with Gasteiger partial charge in [-0.1, -0.05) is 0 Å². The summed E-state index contributed by atoms with van der Waals surface area (Å²) in [5.74, 6) is -0.949. The van der Waals surface area contributed by atoms with E-state index in [1.165, 1.54) is 18.3 Å². The predicted molar refractivity (Wildman–Crippen MR) is 37.3 cm³/mol. The van der Waals surface area contributed by atoms with Crippen molar-refractivity contribution in [2.45, 2.75) is 4.90 Å². The first-order valence-corrected chi connectivity index (χ1v) is 4.71. The summed E-state index contributed by atoms with van der Waals surface area (Å²) < 4.78 is 34.1. The maximum absolute atomic E-state index is 12.6. The van der Waals surface area contributed by atoms with Gasteiger partial charge in [0, 0.05) is 12.5 Å².